The van der Waals surface area contributed by atoms with E-state index in [9.17, 15) is 14.7 Å². The van der Waals surface area contributed by atoms with Gasteiger partial charge in [0.25, 0.3) is 0 Å². The van der Waals surface area contributed by atoms with Gasteiger partial charge in [-0.3, -0.25) is 4.90 Å². The smallest absolute Gasteiger partial charge is 0.412 e. The zero-order valence-corrected chi connectivity index (χ0v) is 17.3. The number of benzene rings is 2. The van der Waals surface area contributed by atoms with Crippen LogP contribution in [0.25, 0.3) is 11.1 Å². The number of aliphatic carboxylic acids is 1. The Kier molecular flexibility index (Phi) is 4.95. The fourth-order valence-electron chi connectivity index (χ4n) is 5.18. The maximum Gasteiger partial charge on any atom is 0.412 e. The summed E-state index contributed by atoms with van der Waals surface area (Å²) in [5.74, 6) is -1.18. The lowest BCUT2D eigenvalue weighted by Crippen LogP contribution is -2.57. The second kappa shape index (κ2) is 7.66. The van der Waals surface area contributed by atoms with Gasteiger partial charge in [0.1, 0.15) is 6.61 Å². The Bertz CT molecular complexity index is 977. The van der Waals surface area contributed by atoms with E-state index in [0.29, 0.717) is 19.4 Å². The van der Waals surface area contributed by atoms with E-state index in [4.69, 9.17) is 14.2 Å². The van der Waals surface area contributed by atoms with Gasteiger partial charge in [-0.1, -0.05) is 48.5 Å². The minimum Gasteiger partial charge on any atom is -0.480 e. The van der Waals surface area contributed by atoms with Crippen molar-refractivity contribution in [3.63, 3.8) is 0 Å². The Labute approximate surface area is 180 Å². The summed E-state index contributed by atoms with van der Waals surface area (Å²) in [5.41, 5.74) is 3.50. The molecule has 2 heterocycles. The quantitative estimate of drug-likeness (QED) is 0.812. The number of hydrogen-bond donors (Lipinski definition) is 1. The van der Waals surface area contributed by atoms with Crippen molar-refractivity contribution in [2.45, 2.75) is 43.6 Å². The third-order valence-corrected chi connectivity index (χ3v) is 6.58. The Morgan fingerprint density at radius 3 is 2.39 bits per heavy atom. The van der Waals surface area contributed by atoms with Crippen LogP contribution in [0, 0.1) is 0 Å². The molecule has 7 heteroatoms. The van der Waals surface area contributed by atoms with Gasteiger partial charge in [-0.25, -0.2) is 9.59 Å². The van der Waals surface area contributed by atoms with Crippen LogP contribution in [0.2, 0.25) is 0 Å². The monoisotopic (exact) mass is 423 g/mol. The Hall–Kier alpha value is -2.90. The number of nitrogens with zero attached hydrogens (tertiary/aromatic N) is 1. The molecule has 2 aromatic carbocycles. The summed E-state index contributed by atoms with van der Waals surface area (Å²) in [7, 11) is 0. The largest absolute Gasteiger partial charge is 0.480 e. The first-order valence-electron chi connectivity index (χ1n) is 10.6. The number of amides is 1. The third kappa shape index (κ3) is 3.28. The van der Waals surface area contributed by atoms with E-state index in [1.165, 1.54) is 4.90 Å². The first-order valence-corrected chi connectivity index (χ1v) is 10.6. The molecule has 2 aliphatic heterocycles. The van der Waals surface area contributed by atoms with Crippen molar-refractivity contribution in [3.05, 3.63) is 59.7 Å². The van der Waals surface area contributed by atoms with Crippen molar-refractivity contribution >= 4 is 12.1 Å². The molecule has 3 aliphatic rings. The Morgan fingerprint density at radius 2 is 1.77 bits per heavy atom. The van der Waals surface area contributed by atoms with E-state index in [-0.39, 0.29) is 25.2 Å². The van der Waals surface area contributed by atoms with E-state index in [1.807, 2.05) is 31.2 Å². The number of ether oxygens (including phenoxy) is 3. The summed E-state index contributed by atoms with van der Waals surface area (Å²) >= 11 is 0. The van der Waals surface area contributed by atoms with Crippen molar-refractivity contribution in [1.29, 1.82) is 0 Å². The molecule has 0 radical (unpaired) electrons. The maximum absolute atomic E-state index is 13.2. The molecule has 0 aromatic heterocycles. The molecule has 162 valence electrons. The van der Waals surface area contributed by atoms with E-state index in [0.717, 1.165) is 22.3 Å². The molecule has 1 spiro atoms. The molecule has 1 aliphatic carbocycles. The fourth-order valence-corrected chi connectivity index (χ4v) is 5.18. The number of hydrogen-bond acceptors (Lipinski definition) is 5. The van der Waals surface area contributed by atoms with Crippen LogP contribution in [0.15, 0.2) is 48.5 Å². The lowest BCUT2D eigenvalue weighted by molar-refractivity contribution is -0.162. The van der Waals surface area contributed by atoms with Gasteiger partial charge in [-0.05, 0) is 29.2 Å². The van der Waals surface area contributed by atoms with Crippen LogP contribution in [0.5, 0.6) is 0 Å². The summed E-state index contributed by atoms with van der Waals surface area (Å²) in [6.45, 7) is 2.39. The summed E-state index contributed by atoms with van der Waals surface area (Å²) in [6, 6.07) is 15.1. The average molecular weight is 423 g/mol. The highest BCUT2D eigenvalue weighted by Gasteiger charge is 2.55. The highest BCUT2D eigenvalue weighted by atomic mass is 16.6. The lowest BCUT2D eigenvalue weighted by Gasteiger charge is -2.42. The highest BCUT2D eigenvalue weighted by molar-refractivity contribution is 5.82. The van der Waals surface area contributed by atoms with Crippen LogP contribution in [0.4, 0.5) is 4.79 Å². The summed E-state index contributed by atoms with van der Waals surface area (Å²) in [6.07, 6.45) is 0.0535. The van der Waals surface area contributed by atoms with Crippen LogP contribution in [-0.4, -0.2) is 59.8 Å². The highest BCUT2D eigenvalue weighted by Crippen LogP contribution is 2.45. The van der Waals surface area contributed by atoms with Gasteiger partial charge >= 0.3 is 12.1 Å². The van der Waals surface area contributed by atoms with Crippen molar-refractivity contribution in [1.82, 2.24) is 4.90 Å². The molecule has 1 N–H and O–H groups in total. The lowest BCUT2D eigenvalue weighted by atomic mass is 9.97. The van der Waals surface area contributed by atoms with E-state index in [1.54, 1.807) is 0 Å². The Morgan fingerprint density at radius 1 is 1.13 bits per heavy atom. The van der Waals surface area contributed by atoms with E-state index >= 15 is 0 Å². The van der Waals surface area contributed by atoms with Crippen LogP contribution >= 0.6 is 0 Å². The van der Waals surface area contributed by atoms with Crippen molar-refractivity contribution < 1.29 is 28.9 Å². The minimum absolute atomic E-state index is 0.0494. The van der Waals surface area contributed by atoms with Crippen LogP contribution < -0.4 is 0 Å². The number of carboxylic acids is 1. The molecule has 2 fully saturated rings. The number of carbonyl (C=O) groups is 2. The first kappa shape index (κ1) is 20.0. The first-order chi connectivity index (χ1) is 15.0. The van der Waals surface area contributed by atoms with Gasteiger partial charge in [0, 0.05) is 18.8 Å². The van der Waals surface area contributed by atoms with E-state index < -0.39 is 23.8 Å². The normalized spacial score (nSPS) is 27.2. The van der Waals surface area contributed by atoms with Crippen LogP contribution in [0.3, 0.4) is 0 Å². The topological polar surface area (TPSA) is 85.3 Å². The molecule has 31 heavy (non-hydrogen) atoms. The fraction of sp³-hybridized carbons (Fsp3) is 0.417. The van der Waals surface area contributed by atoms with Gasteiger partial charge < -0.3 is 19.3 Å². The Balaban J connectivity index is 1.40. The maximum atomic E-state index is 13.2. The van der Waals surface area contributed by atoms with Crippen molar-refractivity contribution in [2.75, 3.05) is 19.8 Å². The molecule has 3 atom stereocenters. The van der Waals surface area contributed by atoms with Gasteiger partial charge in [0.05, 0.1) is 19.3 Å². The molecule has 0 bridgehead atoms. The van der Waals surface area contributed by atoms with Crippen LogP contribution in [0.1, 0.15) is 36.8 Å². The molecular formula is C24H25NO6. The molecule has 7 nitrogen and oxygen atoms in total. The number of carboxylic acid groups (broad SMARTS) is 1. The third-order valence-electron chi connectivity index (χ3n) is 6.58. The van der Waals surface area contributed by atoms with Gasteiger partial charge in [0.15, 0.2) is 11.8 Å². The molecule has 1 amide bonds. The second-order valence-corrected chi connectivity index (χ2v) is 8.42. The number of carbonyl (C=O) groups excluding carboxylic acids is 1. The van der Waals surface area contributed by atoms with Gasteiger partial charge in [0.2, 0.25) is 0 Å². The number of fused-ring (bicyclic) bond motifs is 3. The second-order valence-electron chi connectivity index (χ2n) is 8.42. The summed E-state index contributed by atoms with van der Waals surface area (Å²) in [5, 5.41) is 9.69. The standard InChI is InChI=1S/C24H25NO6/c1-15-12-24(10-11-29-15)25(21(14-31-24)22(26)27)23(28)30-13-20-18-8-4-2-6-16(18)17-7-3-5-9-19(17)20/h2-9,15,20-21H,10-14H2,1H3,(H,26,27). The molecule has 3 unspecified atom stereocenters. The molecular weight excluding hydrogens is 398 g/mol. The molecule has 2 aromatic rings. The number of rotatable bonds is 3. The van der Waals surface area contributed by atoms with Gasteiger partial charge in [-0.2, -0.15) is 0 Å². The van der Waals surface area contributed by atoms with Gasteiger partial charge in [-0.15, -0.1) is 0 Å². The molecule has 5 rings (SSSR count). The predicted octanol–water partition coefficient (Wildman–Crippen LogP) is 3.62. The predicted molar refractivity (Wildman–Crippen MR) is 112 cm³/mol. The summed E-state index contributed by atoms with van der Waals surface area (Å²) in [4.78, 5) is 26.4. The van der Waals surface area contributed by atoms with Crippen molar-refractivity contribution in [3.8, 4) is 11.1 Å². The zero-order chi connectivity index (χ0) is 21.6. The minimum atomic E-state index is -1.09. The SMILES string of the molecule is CC1CC2(CCO1)OCC(C(=O)O)N2C(=O)OCC1c2ccccc2-c2ccccc21. The molecule has 0 saturated carbocycles. The van der Waals surface area contributed by atoms with E-state index in [2.05, 4.69) is 24.3 Å². The van der Waals surface area contributed by atoms with Crippen LogP contribution in [-0.2, 0) is 19.0 Å². The van der Waals surface area contributed by atoms with Crippen molar-refractivity contribution in [2.24, 2.45) is 0 Å². The average Bonchev–Trinajstić information content (AvgIpc) is 3.28. The summed E-state index contributed by atoms with van der Waals surface area (Å²) < 4.78 is 17.3. The molecule has 2 saturated heterocycles. The zero-order valence-electron chi connectivity index (χ0n) is 17.3.